The summed E-state index contributed by atoms with van der Waals surface area (Å²) >= 11 is 5.82. The highest BCUT2D eigenvalue weighted by Gasteiger charge is 2.15. The second-order valence-corrected chi connectivity index (χ2v) is 6.42. The maximum absolute atomic E-state index is 12.1. The highest BCUT2D eigenvalue weighted by molar-refractivity contribution is 6.30. The first kappa shape index (κ1) is 19.7. The molecule has 0 unspecified atom stereocenters. The third-order valence-corrected chi connectivity index (χ3v) is 4.08. The van der Waals surface area contributed by atoms with E-state index in [1.807, 2.05) is 24.3 Å². The van der Waals surface area contributed by atoms with Gasteiger partial charge in [0.15, 0.2) is 12.3 Å². The van der Waals surface area contributed by atoms with E-state index in [9.17, 15) is 4.79 Å². The average molecular weight is 402 g/mol. The molecule has 3 rings (SSSR count). The van der Waals surface area contributed by atoms with Gasteiger partial charge in [-0.3, -0.25) is 4.79 Å². The molecule has 0 aliphatic heterocycles. The molecule has 0 radical (unpaired) electrons. The van der Waals surface area contributed by atoms with Gasteiger partial charge < -0.3 is 14.8 Å². The fourth-order valence-corrected chi connectivity index (χ4v) is 2.48. The van der Waals surface area contributed by atoms with Gasteiger partial charge in [-0.15, -0.1) is 0 Å². The number of anilines is 1. The van der Waals surface area contributed by atoms with E-state index in [-0.39, 0.29) is 18.3 Å². The summed E-state index contributed by atoms with van der Waals surface area (Å²) in [6.07, 6.45) is 2.08. The fourth-order valence-electron chi connectivity index (χ4n) is 2.35. The molecule has 28 heavy (non-hydrogen) atoms. The van der Waals surface area contributed by atoms with Crippen LogP contribution in [0.1, 0.15) is 19.8 Å². The van der Waals surface area contributed by atoms with Crippen molar-refractivity contribution in [1.29, 1.82) is 0 Å². The molecule has 7 nitrogen and oxygen atoms in total. The summed E-state index contributed by atoms with van der Waals surface area (Å²) in [5, 5.41) is 10.9. The van der Waals surface area contributed by atoms with Gasteiger partial charge in [-0.05, 0) is 65.3 Å². The van der Waals surface area contributed by atoms with Crippen LogP contribution >= 0.6 is 11.6 Å². The molecule has 1 amide bonds. The summed E-state index contributed by atoms with van der Waals surface area (Å²) in [4.78, 5) is 12.1. The van der Waals surface area contributed by atoms with Crippen LogP contribution in [0, 0.1) is 0 Å². The number of carbonyl (C=O) groups is 1. The number of carbonyl (C=O) groups excluding carboxylic acids is 1. The molecular formula is C20H20ClN3O4. The number of unbranched alkanes of at least 4 members (excludes halogenated alkanes) is 1. The predicted octanol–water partition coefficient (Wildman–Crippen LogP) is 4.59. The summed E-state index contributed by atoms with van der Waals surface area (Å²) in [6.45, 7) is 2.61. The van der Waals surface area contributed by atoms with Crippen LogP contribution in [-0.2, 0) is 4.79 Å². The Kier molecular flexibility index (Phi) is 6.86. The zero-order valence-electron chi connectivity index (χ0n) is 15.4. The Morgan fingerprint density at radius 3 is 2.43 bits per heavy atom. The van der Waals surface area contributed by atoms with Crippen molar-refractivity contribution in [2.75, 3.05) is 18.5 Å². The van der Waals surface area contributed by atoms with Gasteiger partial charge in [0.25, 0.3) is 5.91 Å². The number of rotatable bonds is 9. The van der Waals surface area contributed by atoms with Crippen molar-refractivity contribution >= 4 is 23.3 Å². The largest absolute Gasteiger partial charge is 0.494 e. The van der Waals surface area contributed by atoms with Crippen LogP contribution in [0.25, 0.3) is 11.3 Å². The van der Waals surface area contributed by atoms with E-state index in [0.29, 0.717) is 23.1 Å². The molecule has 0 fully saturated rings. The number of hydrogen-bond acceptors (Lipinski definition) is 6. The van der Waals surface area contributed by atoms with E-state index in [1.54, 1.807) is 24.3 Å². The Morgan fingerprint density at radius 2 is 1.71 bits per heavy atom. The number of benzene rings is 2. The molecule has 3 aromatic rings. The molecule has 146 valence electrons. The topological polar surface area (TPSA) is 86.5 Å². The van der Waals surface area contributed by atoms with Crippen molar-refractivity contribution in [2.24, 2.45) is 0 Å². The first-order chi connectivity index (χ1) is 13.7. The summed E-state index contributed by atoms with van der Waals surface area (Å²) in [5.41, 5.74) is 1.18. The van der Waals surface area contributed by atoms with Gasteiger partial charge in [0.2, 0.25) is 5.82 Å². The zero-order chi connectivity index (χ0) is 19.8. The zero-order valence-corrected chi connectivity index (χ0v) is 16.1. The Morgan fingerprint density at radius 1 is 1.04 bits per heavy atom. The third kappa shape index (κ3) is 5.47. The number of ether oxygens (including phenoxy) is 2. The number of halogens is 1. The van der Waals surface area contributed by atoms with E-state index < -0.39 is 0 Å². The Labute approximate surface area is 167 Å². The molecule has 8 heteroatoms. The van der Waals surface area contributed by atoms with Crippen molar-refractivity contribution in [1.82, 2.24) is 10.3 Å². The molecule has 0 aliphatic rings. The van der Waals surface area contributed by atoms with E-state index in [2.05, 4.69) is 22.6 Å². The SMILES string of the molecule is CCCCOc1ccc(-c2nonc2NC(=O)COc2ccc(Cl)cc2)cc1. The number of hydrogen-bond donors (Lipinski definition) is 1. The molecule has 0 spiro atoms. The second-order valence-electron chi connectivity index (χ2n) is 5.98. The Bertz CT molecular complexity index is 895. The van der Waals surface area contributed by atoms with Gasteiger partial charge in [0, 0.05) is 10.6 Å². The third-order valence-electron chi connectivity index (χ3n) is 3.82. The van der Waals surface area contributed by atoms with Gasteiger partial charge in [-0.1, -0.05) is 24.9 Å². The maximum atomic E-state index is 12.1. The second kappa shape index (κ2) is 9.75. The normalized spacial score (nSPS) is 10.5. The minimum atomic E-state index is -0.383. The molecule has 0 saturated carbocycles. The van der Waals surface area contributed by atoms with Crippen molar-refractivity contribution in [3.63, 3.8) is 0 Å². The summed E-state index contributed by atoms with van der Waals surface area (Å²) < 4.78 is 15.8. The number of nitrogens with one attached hydrogen (secondary N) is 1. The van der Waals surface area contributed by atoms with E-state index in [1.165, 1.54) is 0 Å². The van der Waals surface area contributed by atoms with Crippen molar-refractivity contribution in [3.8, 4) is 22.8 Å². The molecule has 1 aromatic heterocycles. The van der Waals surface area contributed by atoms with Crippen LogP contribution in [0.2, 0.25) is 5.02 Å². The van der Waals surface area contributed by atoms with Gasteiger partial charge in [-0.2, -0.15) is 0 Å². The Hall–Kier alpha value is -3.06. The Balaban J connectivity index is 1.58. The summed E-state index contributed by atoms with van der Waals surface area (Å²) in [6, 6.07) is 14.1. The maximum Gasteiger partial charge on any atom is 0.263 e. The van der Waals surface area contributed by atoms with Crippen molar-refractivity contribution in [2.45, 2.75) is 19.8 Å². The lowest BCUT2D eigenvalue weighted by Crippen LogP contribution is -2.20. The van der Waals surface area contributed by atoms with Crippen LogP contribution in [0.4, 0.5) is 5.82 Å². The van der Waals surface area contributed by atoms with Gasteiger partial charge in [-0.25, -0.2) is 4.63 Å². The lowest BCUT2D eigenvalue weighted by Gasteiger charge is -2.07. The molecule has 0 aliphatic carbocycles. The average Bonchev–Trinajstić information content (AvgIpc) is 3.16. The molecule has 0 saturated heterocycles. The predicted molar refractivity (Wildman–Crippen MR) is 106 cm³/mol. The molecule has 0 atom stereocenters. The number of amides is 1. The highest BCUT2D eigenvalue weighted by Crippen LogP contribution is 2.26. The first-order valence-electron chi connectivity index (χ1n) is 8.89. The van der Waals surface area contributed by atoms with E-state index in [0.717, 1.165) is 24.2 Å². The lowest BCUT2D eigenvalue weighted by molar-refractivity contribution is -0.118. The monoisotopic (exact) mass is 401 g/mol. The number of aromatic nitrogens is 2. The highest BCUT2D eigenvalue weighted by atomic mass is 35.5. The van der Waals surface area contributed by atoms with Crippen LogP contribution in [0.5, 0.6) is 11.5 Å². The van der Waals surface area contributed by atoms with Crippen LogP contribution in [0.3, 0.4) is 0 Å². The standard InChI is InChI=1S/C20H20ClN3O4/c1-2-3-12-26-16-8-4-14(5-9-16)19-20(24-28-23-19)22-18(25)13-27-17-10-6-15(21)7-11-17/h4-11H,2-3,12-13H2,1H3,(H,22,24,25). The van der Waals surface area contributed by atoms with Crippen LogP contribution in [0.15, 0.2) is 53.2 Å². The van der Waals surface area contributed by atoms with E-state index in [4.69, 9.17) is 25.7 Å². The molecule has 1 heterocycles. The minimum absolute atomic E-state index is 0.182. The fraction of sp³-hybridized carbons (Fsp3) is 0.250. The molecular weight excluding hydrogens is 382 g/mol. The minimum Gasteiger partial charge on any atom is -0.494 e. The first-order valence-corrected chi connectivity index (χ1v) is 9.27. The van der Waals surface area contributed by atoms with Gasteiger partial charge >= 0.3 is 0 Å². The van der Waals surface area contributed by atoms with Gasteiger partial charge in [0.1, 0.15) is 11.5 Å². The molecule has 2 aromatic carbocycles. The molecule has 1 N–H and O–H groups in total. The van der Waals surface area contributed by atoms with Crippen LogP contribution < -0.4 is 14.8 Å². The smallest absolute Gasteiger partial charge is 0.263 e. The van der Waals surface area contributed by atoms with Crippen LogP contribution in [-0.4, -0.2) is 29.4 Å². The quantitative estimate of drug-likeness (QED) is 0.528. The van der Waals surface area contributed by atoms with Crippen molar-refractivity contribution in [3.05, 3.63) is 53.6 Å². The number of nitrogens with zero attached hydrogens (tertiary/aromatic N) is 2. The van der Waals surface area contributed by atoms with E-state index >= 15 is 0 Å². The lowest BCUT2D eigenvalue weighted by atomic mass is 10.1. The van der Waals surface area contributed by atoms with Crippen molar-refractivity contribution < 1.29 is 18.9 Å². The molecule has 0 bridgehead atoms. The summed E-state index contributed by atoms with van der Waals surface area (Å²) in [7, 11) is 0. The summed E-state index contributed by atoms with van der Waals surface area (Å²) in [5.74, 6) is 1.16. The van der Waals surface area contributed by atoms with Gasteiger partial charge in [0.05, 0.1) is 6.61 Å².